The number of aryl methyl sites for hydroxylation is 2. The molecule has 0 saturated carbocycles. The van der Waals surface area contributed by atoms with Gasteiger partial charge in [0.25, 0.3) is 5.91 Å². The van der Waals surface area contributed by atoms with Crippen LogP contribution in [-0.2, 0) is 32.4 Å². The van der Waals surface area contributed by atoms with E-state index in [-0.39, 0.29) is 5.91 Å². The zero-order chi connectivity index (χ0) is 16.5. The summed E-state index contributed by atoms with van der Waals surface area (Å²) in [5.41, 5.74) is 1.38. The Hall–Kier alpha value is -1.69. The van der Waals surface area contributed by atoms with Crippen molar-refractivity contribution in [3.05, 3.63) is 33.0 Å². The Bertz CT molecular complexity index is 748. The van der Waals surface area contributed by atoms with Crippen LogP contribution in [-0.4, -0.2) is 20.7 Å². The Labute approximate surface area is 146 Å². The van der Waals surface area contributed by atoms with Crippen molar-refractivity contribution in [2.24, 2.45) is 5.92 Å². The van der Waals surface area contributed by atoms with Gasteiger partial charge < -0.3 is 9.88 Å². The Morgan fingerprint density at radius 3 is 3.17 bits per heavy atom. The molecule has 5 nitrogen and oxygen atoms in total. The fraction of sp³-hybridized carbons (Fsp3) is 0.611. The first kappa shape index (κ1) is 15.8. The first-order chi connectivity index (χ1) is 11.7. The Morgan fingerprint density at radius 1 is 1.33 bits per heavy atom. The van der Waals surface area contributed by atoms with Crippen molar-refractivity contribution < 1.29 is 4.79 Å². The Balaban J connectivity index is 1.43. The minimum absolute atomic E-state index is 0.0213. The summed E-state index contributed by atoms with van der Waals surface area (Å²) in [5.74, 6) is 2.70. The molecule has 2 aromatic rings. The van der Waals surface area contributed by atoms with Crippen molar-refractivity contribution in [1.82, 2.24) is 20.1 Å². The molecule has 2 aromatic heterocycles. The lowest BCUT2D eigenvalue weighted by Crippen LogP contribution is -2.24. The molecule has 4 rings (SSSR count). The van der Waals surface area contributed by atoms with Gasteiger partial charge in [-0.1, -0.05) is 13.3 Å². The molecule has 2 aliphatic rings. The molecule has 0 radical (unpaired) electrons. The summed E-state index contributed by atoms with van der Waals surface area (Å²) in [6, 6.07) is 2.09. The third kappa shape index (κ3) is 3.11. The second kappa shape index (κ2) is 6.67. The highest BCUT2D eigenvalue weighted by Crippen LogP contribution is 2.32. The average Bonchev–Trinajstić information content (AvgIpc) is 3.09. The highest BCUT2D eigenvalue weighted by atomic mass is 32.1. The SMILES string of the molecule is CC1CCc2sc(C(=O)NCc3nnc4n3CCCCC4)cc2C1. The van der Waals surface area contributed by atoms with E-state index >= 15 is 0 Å². The van der Waals surface area contributed by atoms with Gasteiger partial charge in [0.05, 0.1) is 11.4 Å². The van der Waals surface area contributed by atoms with Gasteiger partial charge in [0.15, 0.2) is 5.82 Å². The molecule has 0 saturated heterocycles. The summed E-state index contributed by atoms with van der Waals surface area (Å²) in [4.78, 5) is 14.8. The summed E-state index contributed by atoms with van der Waals surface area (Å²) in [7, 11) is 0. The predicted octanol–water partition coefficient (Wildman–Crippen LogP) is 3.12. The van der Waals surface area contributed by atoms with E-state index in [0.717, 1.165) is 48.3 Å². The van der Waals surface area contributed by atoms with Crippen LogP contribution < -0.4 is 5.32 Å². The van der Waals surface area contributed by atoms with Crippen molar-refractivity contribution in [3.8, 4) is 0 Å². The van der Waals surface area contributed by atoms with Gasteiger partial charge in [-0.3, -0.25) is 4.79 Å². The van der Waals surface area contributed by atoms with Gasteiger partial charge in [-0.15, -0.1) is 21.5 Å². The molecule has 0 aromatic carbocycles. The molecule has 6 heteroatoms. The molecule has 0 spiro atoms. The monoisotopic (exact) mass is 344 g/mol. The number of fused-ring (bicyclic) bond motifs is 2. The third-order valence-electron chi connectivity index (χ3n) is 5.15. The standard InChI is InChI=1S/C18H24N4OS/c1-12-6-7-14-13(9-12)10-15(24-14)18(23)19-11-17-21-20-16-5-3-2-4-8-22(16)17/h10,12H,2-9,11H2,1H3,(H,19,23). The zero-order valence-electron chi connectivity index (χ0n) is 14.2. The summed E-state index contributed by atoms with van der Waals surface area (Å²) in [5, 5.41) is 11.6. The number of carbonyl (C=O) groups excluding carboxylic acids is 1. The molecule has 1 amide bonds. The molecule has 0 bridgehead atoms. The van der Waals surface area contributed by atoms with Crippen molar-refractivity contribution in [3.63, 3.8) is 0 Å². The molecular weight excluding hydrogens is 320 g/mol. The van der Waals surface area contributed by atoms with Crippen LogP contribution in [0.4, 0.5) is 0 Å². The fourth-order valence-electron chi connectivity index (χ4n) is 3.74. The van der Waals surface area contributed by atoms with E-state index in [1.54, 1.807) is 11.3 Å². The van der Waals surface area contributed by atoms with Crippen LogP contribution in [0.15, 0.2) is 6.07 Å². The minimum atomic E-state index is 0.0213. The largest absolute Gasteiger partial charge is 0.344 e. The van der Waals surface area contributed by atoms with E-state index in [4.69, 9.17) is 0 Å². The maximum Gasteiger partial charge on any atom is 0.261 e. The summed E-state index contributed by atoms with van der Waals surface area (Å²) in [6.07, 6.45) is 8.06. The van der Waals surface area contributed by atoms with Gasteiger partial charge in [-0.2, -0.15) is 0 Å². The second-order valence-electron chi connectivity index (χ2n) is 7.08. The van der Waals surface area contributed by atoms with E-state index in [1.807, 2.05) is 0 Å². The maximum absolute atomic E-state index is 12.5. The van der Waals surface area contributed by atoms with Crippen LogP contribution in [0, 0.1) is 5.92 Å². The Kier molecular flexibility index (Phi) is 4.39. The topological polar surface area (TPSA) is 59.8 Å². The lowest BCUT2D eigenvalue weighted by Gasteiger charge is -2.16. The fourth-order valence-corrected chi connectivity index (χ4v) is 4.86. The minimum Gasteiger partial charge on any atom is -0.344 e. The molecule has 1 aliphatic carbocycles. The first-order valence-electron chi connectivity index (χ1n) is 9.01. The summed E-state index contributed by atoms with van der Waals surface area (Å²) in [6.45, 7) is 3.72. The Morgan fingerprint density at radius 2 is 2.25 bits per heavy atom. The maximum atomic E-state index is 12.5. The summed E-state index contributed by atoms with van der Waals surface area (Å²) >= 11 is 1.66. The number of hydrogen-bond donors (Lipinski definition) is 1. The van der Waals surface area contributed by atoms with Crippen LogP contribution in [0.2, 0.25) is 0 Å². The molecular formula is C18H24N4OS. The predicted molar refractivity (Wildman–Crippen MR) is 94.3 cm³/mol. The number of aromatic nitrogens is 3. The molecule has 1 aliphatic heterocycles. The number of carbonyl (C=O) groups is 1. The summed E-state index contributed by atoms with van der Waals surface area (Å²) < 4.78 is 2.19. The van der Waals surface area contributed by atoms with E-state index in [9.17, 15) is 4.79 Å². The van der Waals surface area contributed by atoms with Crippen LogP contribution in [0.5, 0.6) is 0 Å². The van der Waals surface area contributed by atoms with Crippen LogP contribution in [0.1, 0.15) is 64.4 Å². The molecule has 0 fully saturated rings. The smallest absolute Gasteiger partial charge is 0.261 e. The zero-order valence-corrected chi connectivity index (χ0v) is 15.0. The molecule has 1 unspecified atom stereocenters. The van der Waals surface area contributed by atoms with Crippen molar-refractivity contribution in [2.75, 3.05) is 0 Å². The number of nitrogens with one attached hydrogen (secondary N) is 1. The normalized spacial score (nSPS) is 20.1. The average molecular weight is 344 g/mol. The van der Waals surface area contributed by atoms with Gasteiger partial charge >= 0.3 is 0 Å². The number of hydrogen-bond acceptors (Lipinski definition) is 4. The van der Waals surface area contributed by atoms with Crippen molar-refractivity contribution >= 4 is 17.2 Å². The van der Waals surface area contributed by atoms with Crippen LogP contribution in [0.3, 0.4) is 0 Å². The molecule has 3 heterocycles. The molecule has 1 atom stereocenters. The van der Waals surface area contributed by atoms with Crippen LogP contribution in [0.25, 0.3) is 0 Å². The van der Waals surface area contributed by atoms with Crippen molar-refractivity contribution in [2.45, 2.75) is 65.0 Å². The van der Waals surface area contributed by atoms with Gasteiger partial charge in [0, 0.05) is 17.8 Å². The number of thiophene rings is 1. The number of rotatable bonds is 3. The lowest BCUT2D eigenvalue weighted by molar-refractivity contribution is 0.0953. The number of nitrogens with zero attached hydrogens (tertiary/aromatic N) is 3. The van der Waals surface area contributed by atoms with Gasteiger partial charge in [0.1, 0.15) is 5.82 Å². The highest BCUT2D eigenvalue weighted by molar-refractivity contribution is 7.14. The first-order valence-corrected chi connectivity index (χ1v) is 9.83. The van der Waals surface area contributed by atoms with E-state index in [1.165, 1.54) is 36.1 Å². The quantitative estimate of drug-likeness (QED) is 0.931. The van der Waals surface area contributed by atoms with E-state index in [0.29, 0.717) is 6.54 Å². The van der Waals surface area contributed by atoms with Gasteiger partial charge in [-0.05, 0) is 49.7 Å². The van der Waals surface area contributed by atoms with E-state index < -0.39 is 0 Å². The number of amides is 1. The van der Waals surface area contributed by atoms with E-state index in [2.05, 4.69) is 33.1 Å². The third-order valence-corrected chi connectivity index (χ3v) is 6.38. The van der Waals surface area contributed by atoms with Crippen molar-refractivity contribution in [1.29, 1.82) is 0 Å². The molecule has 24 heavy (non-hydrogen) atoms. The lowest BCUT2D eigenvalue weighted by atomic mass is 9.90. The van der Waals surface area contributed by atoms with Gasteiger partial charge in [0.2, 0.25) is 0 Å². The molecule has 1 N–H and O–H groups in total. The van der Waals surface area contributed by atoms with Crippen LogP contribution >= 0.6 is 11.3 Å². The molecule has 128 valence electrons. The highest BCUT2D eigenvalue weighted by Gasteiger charge is 2.21. The van der Waals surface area contributed by atoms with Gasteiger partial charge in [-0.25, -0.2) is 0 Å². The second-order valence-corrected chi connectivity index (χ2v) is 8.22.